The fourth-order valence-electron chi connectivity index (χ4n) is 6.42. The molecule has 1 heterocycles. The summed E-state index contributed by atoms with van der Waals surface area (Å²) in [4.78, 5) is 13.3. The first-order valence-corrected chi connectivity index (χ1v) is 14.9. The van der Waals surface area contributed by atoms with E-state index in [1.807, 2.05) is 26.0 Å². The van der Waals surface area contributed by atoms with Gasteiger partial charge in [0.05, 0.1) is 5.92 Å². The molecule has 2 atom stereocenters. The van der Waals surface area contributed by atoms with Gasteiger partial charge in [0.1, 0.15) is 17.5 Å². The van der Waals surface area contributed by atoms with Crippen molar-refractivity contribution in [1.29, 1.82) is 0 Å². The van der Waals surface area contributed by atoms with Crippen LogP contribution in [-0.2, 0) is 20.8 Å². The summed E-state index contributed by atoms with van der Waals surface area (Å²) in [6.07, 6.45) is 12.1. The summed E-state index contributed by atoms with van der Waals surface area (Å²) in [7, 11) is 0. The number of ether oxygens (including phenoxy) is 3. The molecule has 3 aliphatic rings. The maximum atomic E-state index is 13.3. The highest BCUT2D eigenvalue weighted by molar-refractivity contribution is 5.73. The molecule has 2 unspecified atom stereocenters. The molecule has 2 aliphatic carbocycles. The summed E-state index contributed by atoms with van der Waals surface area (Å²) < 4.78 is 19.5. The Kier molecular flexibility index (Phi) is 8.93. The highest BCUT2D eigenvalue weighted by atomic mass is 16.6. The minimum absolute atomic E-state index is 0.0114. The van der Waals surface area contributed by atoms with Crippen LogP contribution in [0.1, 0.15) is 102 Å². The lowest BCUT2D eigenvalue weighted by molar-refractivity contribution is -0.189. The lowest BCUT2D eigenvalue weighted by Gasteiger charge is -2.44. The summed E-state index contributed by atoms with van der Waals surface area (Å²) in [6, 6.07) is 16.6. The van der Waals surface area contributed by atoms with Crippen LogP contribution in [0.5, 0.6) is 5.75 Å². The van der Waals surface area contributed by atoms with Gasteiger partial charge in [-0.15, -0.1) is 0 Å². The largest absolute Gasteiger partial charge is 0.483 e. The molecule has 0 amide bonds. The van der Waals surface area contributed by atoms with Gasteiger partial charge < -0.3 is 19.5 Å². The molecule has 1 N–H and O–H groups in total. The quantitative estimate of drug-likeness (QED) is 0.340. The molecule has 2 fully saturated rings. The van der Waals surface area contributed by atoms with E-state index in [9.17, 15) is 4.79 Å². The topological polar surface area (TPSA) is 56.8 Å². The van der Waals surface area contributed by atoms with Gasteiger partial charge in [-0.3, -0.25) is 4.79 Å². The molecule has 1 aliphatic heterocycles. The second kappa shape index (κ2) is 12.5. The number of nitrogens with one attached hydrogen (secondary N) is 1. The van der Waals surface area contributed by atoms with Gasteiger partial charge in [-0.25, -0.2) is 0 Å². The summed E-state index contributed by atoms with van der Waals surface area (Å²) in [5.41, 5.74) is 2.51. The lowest BCUT2D eigenvalue weighted by atomic mass is 9.86. The van der Waals surface area contributed by atoms with Gasteiger partial charge in [0.25, 0.3) is 0 Å². The van der Waals surface area contributed by atoms with Crippen molar-refractivity contribution in [3.05, 3.63) is 59.7 Å². The zero-order valence-corrected chi connectivity index (χ0v) is 23.3. The Balaban J connectivity index is 1.36. The van der Waals surface area contributed by atoms with Gasteiger partial charge in [-0.05, 0) is 62.8 Å². The Morgan fingerprint density at radius 2 is 1.66 bits per heavy atom. The Morgan fingerprint density at radius 3 is 2.39 bits per heavy atom. The molecule has 38 heavy (non-hydrogen) atoms. The van der Waals surface area contributed by atoms with E-state index in [0.29, 0.717) is 6.61 Å². The van der Waals surface area contributed by atoms with Gasteiger partial charge in [0.15, 0.2) is 6.10 Å². The van der Waals surface area contributed by atoms with Crippen LogP contribution in [0.4, 0.5) is 5.69 Å². The van der Waals surface area contributed by atoms with Crippen LogP contribution >= 0.6 is 0 Å². The molecule has 0 saturated heterocycles. The predicted octanol–water partition coefficient (Wildman–Crippen LogP) is 7.99. The normalized spacial score (nSPS) is 23.7. The van der Waals surface area contributed by atoms with Crippen LogP contribution in [-0.4, -0.2) is 24.3 Å². The molecule has 2 aromatic rings. The number of hydrogen-bond acceptors (Lipinski definition) is 5. The Hall–Kier alpha value is -2.53. The number of carbonyl (C=O) groups is 1. The zero-order valence-electron chi connectivity index (χ0n) is 23.3. The number of hydrogen-bond donors (Lipinski definition) is 1. The molecule has 0 bridgehead atoms. The fourth-order valence-corrected chi connectivity index (χ4v) is 6.42. The molecule has 0 aromatic heterocycles. The van der Waals surface area contributed by atoms with Gasteiger partial charge in [-0.2, -0.15) is 0 Å². The van der Waals surface area contributed by atoms with E-state index in [0.717, 1.165) is 61.6 Å². The molecular formula is C33H45NO4. The van der Waals surface area contributed by atoms with E-state index in [-0.39, 0.29) is 18.0 Å². The first kappa shape index (κ1) is 27.1. The molecule has 206 valence electrons. The van der Waals surface area contributed by atoms with Crippen LogP contribution in [0.15, 0.2) is 48.5 Å². The summed E-state index contributed by atoms with van der Waals surface area (Å²) in [6.45, 7) is 5.45. The van der Waals surface area contributed by atoms with Crippen LogP contribution in [0.25, 0.3) is 0 Å². The first-order chi connectivity index (χ1) is 18.5. The maximum absolute atomic E-state index is 13.3. The second-order valence-corrected chi connectivity index (χ2v) is 12.1. The van der Waals surface area contributed by atoms with Crippen LogP contribution < -0.4 is 10.1 Å². The highest BCUT2D eigenvalue weighted by Gasteiger charge is 2.48. The Labute approximate surface area is 228 Å². The third kappa shape index (κ3) is 6.72. The standard InChI is InChI=1S/C33H45NO4/c1-33(2)31(37-32(35)26-16-10-5-11-17-26)30(36-21-20-24-12-6-3-7-13-24)28-22-27(18-19-29(28)38-33)34-23-25-14-8-4-9-15-25/h4,8-9,14-15,18-19,22,24,26,30-31,34H,3,5-7,10-13,16-17,20-21,23H2,1-2H3. The summed E-state index contributed by atoms with van der Waals surface area (Å²) in [5.74, 6) is 1.45. The van der Waals surface area contributed by atoms with E-state index in [2.05, 4.69) is 41.7 Å². The fraction of sp³-hybridized carbons (Fsp3) is 0.606. The van der Waals surface area contributed by atoms with Crippen molar-refractivity contribution in [2.45, 2.75) is 109 Å². The monoisotopic (exact) mass is 519 g/mol. The number of fused-ring (bicyclic) bond motifs is 1. The van der Waals surface area contributed by atoms with E-state index >= 15 is 0 Å². The van der Waals surface area contributed by atoms with Gasteiger partial charge in [0, 0.05) is 24.4 Å². The second-order valence-electron chi connectivity index (χ2n) is 12.1. The Bertz CT molecular complexity index is 1040. The third-order valence-electron chi connectivity index (χ3n) is 8.72. The molecular weight excluding hydrogens is 474 g/mol. The van der Waals surface area contributed by atoms with Crippen molar-refractivity contribution < 1.29 is 19.0 Å². The smallest absolute Gasteiger partial charge is 0.309 e. The molecule has 5 rings (SSSR count). The molecule has 2 aromatic carbocycles. The average molecular weight is 520 g/mol. The van der Waals surface area contributed by atoms with E-state index in [1.165, 1.54) is 44.1 Å². The number of esters is 1. The molecule has 0 spiro atoms. The van der Waals surface area contributed by atoms with Crippen LogP contribution in [0, 0.1) is 11.8 Å². The van der Waals surface area contributed by atoms with E-state index in [4.69, 9.17) is 14.2 Å². The average Bonchev–Trinajstić information content (AvgIpc) is 2.95. The van der Waals surface area contributed by atoms with Gasteiger partial charge in [0.2, 0.25) is 0 Å². The molecule has 0 radical (unpaired) electrons. The van der Waals surface area contributed by atoms with Gasteiger partial charge >= 0.3 is 5.97 Å². The number of anilines is 1. The zero-order chi connectivity index (χ0) is 26.4. The van der Waals surface area contributed by atoms with Crippen molar-refractivity contribution in [1.82, 2.24) is 0 Å². The van der Waals surface area contributed by atoms with Crippen LogP contribution in [0.3, 0.4) is 0 Å². The minimum atomic E-state index is -0.689. The van der Waals surface area contributed by atoms with Crippen LogP contribution in [0.2, 0.25) is 0 Å². The van der Waals surface area contributed by atoms with Crippen molar-refractivity contribution in [2.75, 3.05) is 11.9 Å². The molecule has 2 saturated carbocycles. The van der Waals surface area contributed by atoms with Crippen molar-refractivity contribution >= 4 is 11.7 Å². The van der Waals surface area contributed by atoms with Crippen molar-refractivity contribution in [3.8, 4) is 5.75 Å². The minimum Gasteiger partial charge on any atom is -0.483 e. The SMILES string of the molecule is CC1(C)Oc2ccc(NCc3ccccc3)cc2C(OCCC2CCCCC2)C1OC(=O)C1CCCCC1. The lowest BCUT2D eigenvalue weighted by Crippen LogP contribution is -2.52. The predicted molar refractivity (Wildman–Crippen MR) is 151 cm³/mol. The molecule has 5 heteroatoms. The first-order valence-electron chi connectivity index (χ1n) is 14.9. The third-order valence-corrected chi connectivity index (χ3v) is 8.72. The highest BCUT2D eigenvalue weighted by Crippen LogP contribution is 2.45. The number of carbonyl (C=O) groups excluding carboxylic acids is 1. The summed E-state index contributed by atoms with van der Waals surface area (Å²) >= 11 is 0. The van der Waals surface area contributed by atoms with E-state index in [1.54, 1.807) is 0 Å². The Morgan fingerprint density at radius 1 is 0.947 bits per heavy atom. The number of rotatable bonds is 9. The number of benzene rings is 2. The summed E-state index contributed by atoms with van der Waals surface area (Å²) in [5, 5.41) is 3.55. The molecule has 5 nitrogen and oxygen atoms in total. The van der Waals surface area contributed by atoms with Crippen molar-refractivity contribution in [2.24, 2.45) is 11.8 Å². The maximum Gasteiger partial charge on any atom is 0.309 e. The van der Waals surface area contributed by atoms with Gasteiger partial charge in [-0.1, -0.05) is 81.7 Å². The van der Waals surface area contributed by atoms with E-state index < -0.39 is 11.7 Å². The van der Waals surface area contributed by atoms with Crippen molar-refractivity contribution in [3.63, 3.8) is 0 Å².